The summed E-state index contributed by atoms with van der Waals surface area (Å²) >= 11 is 3.39. The summed E-state index contributed by atoms with van der Waals surface area (Å²) in [5, 5.41) is 0. The fourth-order valence-electron chi connectivity index (χ4n) is 2.29. The van der Waals surface area contributed by atoms with E-state index in [9.17, 15) is 16.8 Å². The molecule has 2 aromatic rings. The lowest BCUT2D eigenvalue weighted by molar-refractivity contribution is 0.599. The van der Waals surface area contributed by atoms with Crippen molar-refractivity contribution < 1.29 is 16.8 Å². The van der Waals surface area contributed by atoms with Crippen LogP contribution in [-0.4, -0.2) is 41.6 Å². The van der Waals surface area contributed by atoms with Gasteiger partial charge in [-0.3, -0.25) is 0 Å². The maximum Gasteiger partial charge on any atom is 0.175 e. The highest BCUT2D eigenvalue weighted by atomic mass is 79.9. The fraction of sp³-hybridized carbons (Fsp3) is 0.294. The molecule has 5 nitrogen and oxygen atoms in total. The molecular weight excluding hydrogens is 426 g/mol. The molecule has 8 heteroatoms. The fourth-order valence-corrected chi connectivity index (χ4v) is 3.74. The smallest absolute Gasteiger partial charge is 0.175 e. The Morgan fingerprint density at radius 3 is 1.92 bits per heavy atom. The Morgan fingerprint density at radius 1 is 0.880 bits per heavy atom. The predicted octanol–water partition coefficient (Wildman–Crippen LogP) is 2.90. The zero-order valence-corrected chi connectivity index (χ0v) is 17.2. The predicted molar refractivity (Wildman–Crippen MR) is 104 cm³/mol. The molecule has 0 unspecified atom stereocenters. The average Bonchev–Trinajstić information content (AvgIpc) is 2.52. The van der Waals surface area contributed by atoms with Gasteiger partial charge in [0.2, 0.25) is 0 Å². The van der Waals surface area contributed by atoms with Crippen LogP contribution >= 0.6 is 15.9 Å². The zero-order chi connectivity index (χ0) is 18.7. The van der Waals surface area contributed by atoms with Crippen LogP contribution in [0.2, 0.25) is 0 Å². The van der Waals surface area contributed by atoms with E-state index in [1.54, 1.807) is 24.3 Å². The molecule has 0 N–H and O–H groups in total. The van der Waals surface area contributed by atoms with Crippen LogP contribution in [0, 0.1) is 0 Å². The molecule has 0 spiro atoms. The van der Waals surface area contributed by atoms with Crippen molar-refractivity contribution in [2.45, 2.75) is 11.4 Å². The summed E-state index contributed by atoms with van der Waals surface area (Å²) in [6.45, 7) is 0.855. The van der Waals surface area contributed by atoms with Gasteiger partial charge in [-0.05, 0) is 42.0 Å². The number of hydrogen-bond acceptors (Lipinski definition) is 5. The standard InChI is InChI=1S/C17H20BrNO4S2/c1-24(20,21)12-11-19(13-14-3-5-15(18)6-4-14)16-7-9-17(10-8-16)25(2,22)23/h3-10H,11-13H2,1-2H3. The Bertz CT molecular complexity index is 922. The first kappa shape index (κ1) is 19.9. The Morgan fingerprint density at radius 2 is 1.44 bits per heavy atom. The van der Waals surface area contributed by atoms with Gasteiger partial charge in [0.25, 0.3) is 0 Å². The minimum Gasteiger partial charge on any atom is -0.366 e. The molecule has 0 atom stereocenters. The number of rotatable bonds is 7. The highest BCUT2D eigenvalue weighted by Crippen LogP contribution is 2.21. The van der Waals surface area contributed by atoms with E-state index in [1.807, 2.05) is 29.2 Å². The topological polar surface area (TPSA) is 71.5 Å². The Kier molecular flexibility index (Phi) is 6.29. The number of benzene rings is 2. The summed E-state index contributed by atoms with van der Waals surface area (Å²) < 4.78 is 47.2. The quantitative estimate of drug-likeness (QED) is 0.654. The molecule has 0 heterocycles. The molecule has 0 aliphatic rings. The van der Waals surface area contributed by atoms with Gasteiger partial charge in [-0.2, -0.15) is 0 Å². The maximum absolute atomic E-state index is 11.6. The lowest BCUT2D eigenvalue weighted by Gasteiger charge is -2.25. The number of hydrogen-bond donors (Lipinski definition) is 0. The van der Waals surface area contributed by atoms with Crippen molar-refractivity contribution in [3.05, 3.63) is 58.6 Å². The zero-order valence-electron chi connectivity index (χ0n) is 14.0. The number of sulfone groups is 2. The van der Waals surface area contributed by atoms with E-state index in [0.29, 0.717) is 13.1 Å². The minimum atomic E-state index is -3.26. The van der Waals surface area contributed by atoms with Crippen molar-refractivity contribution in [2.75, 3.05) is 29.7 Å². The van der Waals surface area contributed by atoms with Gasteiger partial charge in [0, 0.05) is 35.8 Å². The maximum atomic E-state index is 11.6. The van der Waals surface area contributed by atoms with Crippen LogP contribution in [0.4, 0.5) is 5.69 Å². The molecule has 0 aliphatic carbocycles. The first-order valence-corrected chi connectivity index (χ1v) is 12.3. The van der Waals surface area contributed by atoms with Crippen molar-refractivity contribution in [1.82, 2.24) is 0 Å². The van der Waals surface area contributed by atoms with Crippen LogP contribution < -0.4 is 4.90 Å². The van der Waals surface area contributed by atoms with Crippen molar-refractivity contribution in [3.63, 3.8) is 0 Å². The molecule has 0 amide bonds. The Labute approximate surface area is 157 Å². The van der Waals surface area contributed by atoms with Gasteiger partial charge in [0.1, 0.15) is 9.84 Å². The van der Waals surface area contributed by atoms with E-state index in [2.05, 4.69) is 15.9 Å². The average molecular weight is 446 g/mol. The van der Waals surface area contributed by atoms with Crippen LogP contribution in [0.1, 0.15) is 5.56 Å². The summed E-state index contributed by atoms with van der Waals surface area (Å²) in [6.07, 6.45) is 2.36. The molecule has 0 radical (unpaired) electrons. The van der Waals surface area contributed by atoms with Crippen molar-refractivity contribution >= 4 is 41.3 Å². The summed E-state index contributed by atoms with van der Waals surface area (Å²) in [4.78, 5) is 2.17. The van der Waals surface area contributed by atoms with E-state index in [1.165, 1.54) is 6.26 Å². The largest absolute Gasteiger partial charge is 0.366 e. The lowest BCUT2D eigenvalue weighted by Crippen LogP contribution is -2.28. The second-order valence-electron chi connectivity index (χ2n) is 5.94. The van der Waals surface area contributed by atoms with Crippen LogP contribution in [0.3, 0.4) is 0 Å². The monoisotopic (exact) mass is 445 g/mol. The minimum absolute atomic E-state index is 0.0252. The van der Waals surface area contributed by atoms with E-state index in [0.717, 1.165) is 22.0 Å². The molecule has 2 rings (SSSR count). The number of nitrogens with zero attached hydrogens (tertiary/aromatic N) is 1. The van der Waals surface area contributed by atoms with Gasteiger partial charge in [-0.1, -0.05) is 28.1 Å². The molecule has 0 aromatic heterocycles. The molecule has 25 heavy (non-hydrogen) atoms. The van der Waals surface area contributed by atoms with Gasteiger partial charge in [0.05, 0.1) is 10.6 Å². The molecular formula is C17H20BrNO4S2. The Balaban J connectivity index is 2.28. The van der Waals surface area contributed by atoms with Crippen molar-refractivity contribution in [1.29, 1.82) is 0 Å². The summed E-state index contributed by atoms with van der Waals surface area (Å²) in [5.41, 5.74) is 1.81. The summed E-state index contributed by atoms with van der Waals surface area (Å²) in [7, 11) is -6.37. The molecule has 136 valence electrons. The van der Waals surface area contributed by atoms with Crippen LogP contribution in [0.5, 0.6) is 0 Å². The van der Waals surface area contributed by atoms with Gasteiger partial charge in [-0.25, -0.2) is 16.8 Å². The lowest BCUT2D eigenvalue weighted by atomic mass is 10.2. The first-order valence-electron chi connectivity index (χ1n) is 7.52. The van der Waals surface area contributed by atoms with E-state index in [-0.39, 0.29) is 10.6 Å². The van der Waals surface area contributed by atoms with E-state index >= 15 is 0 Å². The molecule has 2 aromatic carbocycles. The van der Waals surface area contributed by atoms with Crippen LogP contribution in [0.25, 0.3) is 0 Å². The molecule has 0 fully saturated rings. The van der Waals surface area contributed by atoms with Crippen LogP contribution in [-0.2, 0) is 26.2 Å². The highest BCUT2D eigenvalue weighted by Gasteiger charge is 2.13. The Hall–Kier alpha value is -1.38. The van der Waals surface area contributed by atoms with Gasteiger partial charge >= 0.3 is 0 Å². The summed E-state index contributed by atoms with van der Waals surface area (Å²) in [6, 6.07) is 14.3. The molecule has 0 aliphatic heterocycles. The second kappa shape index (κ2) is 7.88. The second-order valence-corrected chi connectivity index (χ2v) is 11.1. The van der Waals surface area contributed by atoms with Crippen LogP contribution in [0.15, 0.2) is 57.9 Å². The highest BCUT2D eigenvalue weighted by molar-refractivity contribution is 9.10. The van der Waals surface area contributed by atoms with Gasteiger partial charge in [0.15, 0.2) is 9.84 Å². The van der Waals surface area contributed by atoms with E-state index in [4.69, 9.17) is 0 Å². The third kappa shape index (κ3) is 6.45. The molecule has 0 saturated heterocycles. The third-order valence-electron chi connectivity index (χ3n) is 3.65. The van der Waals surface area contributed by atoms with Gasteiger partial charge < -0.3 is 4.90 Å². The first-order chi connectivity index (χ1) is 11.5. The van der Waals surface area contributed by atoms with E-state index < -0.39 is 19.7 Å². The van der Waals surface area contributed by atoms with Crippen molar-refractivity contribution in [3.8, 4) is 0 Å². The number of halogens is 1. The van der Waals surface area contributed by atoms with Crippen molar-refractivity contribution in [2.24, 2.45) is 0 Å². The van der Waals surface area contributed by atoms with Gasteiger partial charge in [-0.15, -0.1) is 0 Å². The normalized spacial score (nSPS) is 12.1. The number of anilines is 1. The molecule has 0 saturated carbocycles. The summed E-state index contributed by atoms with van der Waals surface area (Å²) in [5.74, 6) is 0.0252. The SMILES string of the molecule is CS(=O)(=O)CCN(Cc1ccc(Br)cc1)c1ccc(S(C)(=O)=O)cc1. The third-order valence-corrected chi connectivity index (χ3v) is 6.23. The molecule has 0 bridgehead atoms.